The molecule has 9 rings (SSSR count). The molecule has 1 amide bonds. The Kier molecular flexibility index (Phi) is 11.5. The van der Waals surface area contributed by atoms with E-state index in [0.717, 1.165) is 58.9 Å². The molecule has 2 atom stereocenters. The first-order chi connectivity index (χ1) is 26.1. The van der Waals surface area contributed by atoms with Gasteiger partial charge in [0.25, 0.3) is 0 Å². The first kappa shape index (κ1) is 35.6. The normalized spacial score (nSPS) is 16.5. The number of ether oxygens (including phenoxy) is 1. The molecule has 2 aliphatic rings. The van der Waals surface area contributed by atoms with Gasteiger partial charge >= 0.3 is 6.09 Å². The van der Waals surface area contributed by atoms with E-state index in [9.17, 15) is 4.79 Å². The third kappa shape index (κ3) is 8.32. The van der Waals surface area contributed by atoms with Crippen molar-refractivity contribution in [3.63, 3.8) is 0 Å². The van der Waals surface area contributed by atoms with E-state index in [1.807, 2.05) is 71.6 Å². The second-order valence-electron chi connectivity index (χ2n) is 13.2. The van der Waals surface area contributed by atoms with Crippen LogP contribution in [0.2, 0.25) is 0 Å². The van der Waals surface area contributed by atoms with Crippen LogP contribution in [0.15, 0.2) is 140 Å². The maximum atomic E-state index is 12.8. The average molecular weight is 707 g/mol. The molecule has 2 fully saturated rings. The number of nitrogens with one attached hydrogen (secondary N) is 1. The summed E-state index contributed by atoms with van der Waals surface area (Å²) >= 11 is 0. The van der Waals surface area contributed by atoms with Gasteiger partial charge in [-0.1, -0.05) is 103 Å². The number of aromatic nitrogens is 4. The fraction of sp³-hybridized carbons (Fsp3) is 0.250. The second kappa shape index (κ2) is 17.2. The van der Waals surface area contributed by atoms with Gasteiger partial charge in [-0.2, -0.15) is 0 Å². The quantitative estimate of drug-likeness (QED) is 0.179. The molecule has 3 aromatic carbocycles. The SMILES string of the molecule is CCO.O=C(OCc1ccccc1)N1CCC[C@H]1c1cn2c(-c3ccccc3)cccc2n1.c1ccc(-c2cccc3nc([C@@H]4CCCN4)cn23)cc1. The number of imidazole rings is 2. The number of rotatable bonds is 6. The van der Waals surface area contributed by atoms with Crippen molar-refractivity contribution in [3.8, 4) is 22.5 Å². The van der Waals surface area contributed by atoms with Crippen molar-refractivity contribution >= 4 is 17.4 Å². The number of pyridine rings is 2. The number of aliphatic hydroxyl groups excluding tert-OH is 1. The first-order valence-corrected chi connectivity index (χ1v) is 18.5. The Morgan fingerprint density at radius 3 is 1.83 bits per heavy atom. The Morgan fingerprint density at radius 1 is 0.717 bits per heavy atom. The smallest absolute Gasteiger partial charge is 0.410 e. The van der Waals surface area contributed by atoms with Crippen LogP contribution in [-0.2, 0) is 11.3 Å². The fourth-order valence-electron chi connectivity index (χ4n) is 7.11. The van der Waals surface area contributed by atoms with Crippen molar-refractivity contribution in [3.05, 3.63) is 157 Å². The molecule has 2 aliphatic heterocycles. The number of fused-ring (bicyclic) bond motifs is 2. The highest BCUT2D eigenvalue weighted by molar-refractivity contribution is 5.69. The summed E-state index contributed by atoms with van der Waals surface area (Å²) in [5, 5.41) is 11.1. The van der Waals surface area contributed by atoms with E-state index in [1.165, 1.54) is 24.1 Å². The van der Waals surface area contributed by atoms with Gasteiger partial charge in [-0.3, -0.25) is 13.7 Å². The maximum absolute atomic E-state index is 12.8. The molecule has 53 heavy (non-hydrogen) atoms. The van der Waals surface area contributed by atoms with Gasteiger partial charge in [-0.05, 0) is 80.1 Å². The van der Waals surface area contributed by atoms with Crippen molar-refractivity contribution in [2.75, 3.05) is 19.7 Å². The molecule has 6 heterocycles. The van der Waals surface area contributed by atoms with E-state index in [1.54, 1.807) is 6.92 Å². The van der Waals surface area contributed by atoms with E-state index in [4.69, 9.17) is 19.8 Å². The summed E-state index contributed by atoms with van der Waals surface area (Å²) in [5.74, 6) is 0. The third-order valence-electron chi connectivity index (χ3n) is 9.61. The summed E-state index contributed by atoms with van der Waals surface area (Å²) in [4.78, 5) is 24.2. The van der Waals surface area contributed by atoms with Gasteiger partial charge in [-0.15, -0.1) is 0 Å². The Labute approximate surface area is 310 Å². The number of hydrogen-bond acceptors (Lipinski definition) is 6. The molecule has 0 saturated carbocycles. The standard InChI is InChI=1S/C25H23N3O2.C17H17N3.C2H6O/c29-25(30-18-19-9-3-1-4-10-19)27-16-8-14-23(27)21-17-28-22(13-7-15-24(28)26-21)20-11-5-2-6-12-20;1-2-6-13(7-3-1)16-9-4-10-17-19-15(12-20(16)17)14-8-5-11-18-14;1-2-3/h1-7,9-13,15,17,23H,8,14,16,18H2;1-4,6-7,9-10,12,14,18H,5,8,11H2;3H,2H2,1H3/t23-;14-;/m00./s1. The van der Waals surface area contributed by atoms with Crippen LogP contribution in [-0.4, -0.2) is 54.6 Å². The molecule has 2 N–H and O–H groups in total. The number of likely N-dealkylation sites (tertiary alicyclic amines) is 1. The Hall–Kier alpha value is -5.77. The van der Waals surface area contributed by atoms with Gasteiger partial charge in [-0.25, -0.2) is 14.8 Å². The third-order valence-corrected chi connectivity index (χ3v) is 9.61. The van der Waals surface area contributed by atoms with Crippen LogP contribution in [0, 0.1) is 0 Å². The van der Waals surface area contributed by atoms with Crippen LogP contribution in [0.25, 0.3) is 33.8 Å². The highest BCUT2D eigenvalue weighted by Gasteiger charge is 2.33. The number of carbonyl (C=O) groups is 1. The summed E-state index contributed by atoms with van der Waals surface area (Å²) in [6.07, 6.45) is 8.23. The van der Waals surface area contributed by atoms with Gasteiger partial charge < -0.3 is 15.2 Å². The molecule has 0 bridgehead atoms. The van der Waals surface area contributed by atoms with Crippen molar-refractivity contribution in [2.24, 2.45) is 0 Å². The summed E-state index contributed by atoms with van der Waals surface area (Å²) in [7, 11) is 0. The number of carbonyl (C=O) groups excluding carboxylic acids is 1. The monoisotopic (exact) mass is 706 g/mol. The zero-order chi connectivity index (χ0) is 36.4. The predicted molar refractivity (Wildman–Crippen MR) is 209 cm³/mol. The molecular weight excluding hydrogens is 661 g/mol. The minimum atomic E-state index is -0.276. The molecule has 2 saturated heterocycles. The van der Waals surface area contributed by atoms with Gasteiger partial charge in [0.05, 0.1) is 34.9 Å². The minimum absolute atomic E-state index is 0.0585. The summed E-state index contributed by atoms with van der Waals surface area (Å²) in [6, 6.07) is 43.3. The molecular formula is C44H46N6O3. The van der Waals surface area contributed by atoms with E-state index in [2.05, 4.69) is 87.2 Å². The zero-order valence-corrected chi connectivity index (χ0v) is 30.1. The van der Waals surface area contributed by atoms with Crippen LogP contribution >= 0.6 is 0 Å². The highest BCUT2D eigenvalue weighted by Crippen LogP contribution is 2.33. The molecule has 270 valence electrons. The largest absolute Gasteiger partial charge is 0.445 e. The molecule has 0 aliphatic carbocycles. The summed E-state index contributed by atoms with van der Waals surface area (Å²) < 4.78 is 9.89. The number of amides is 1. The lowest BCUT2D eigenvalue weighted by Gasteiger charge is -2.22. The van der Waals surface area contributed by atoms with Crippen LogP contribution in [0.5, 0.6) is 0 Å². The van der Waals surface area contributed by atoms with Crippen molar-refractivity contribution < 1.29 is 14.6 Å². The molecule has 7 aromatic rings. The second-order valence-corrected chi connectivity index (χ2v) is 13.2. The fourth-order valence-corrected chi connectivity index (χ4v) is 7.11. The molecule has 0 radical (unpaired) electrons. The average Bonchev–Trinajstić information content (AvgIpc) is 4.04. The van der Waals surface area contributed by atoms with E-state index < -0.39 is 0 Å². The summed E-state index contributed by atoms with van der Waals surface area (Å²) in [5.41, 5.74) is 9.60. The van der Waals surface area contributed by atoms with Crippen molar-refractivity contribution in [1.82, 2.24) is 29.0 Å². The van der Waals surface area contributed by atoms with Crippen molar-refractivity contribution in [1.29, 1.82) is 0 Å². The number of benzene rings is 3. The lowest BCUT2D eigenvalue weighted by molar-refractivity contribution is 0.0915. The Bertz CT molecular complexity index is 2210. The topological polar surface area (TPSA) is 96.4 Å². The predicted octanol–water partition coefficient (Wildman–Crippen LogP) is 8.90. The number of nitrogens with zero attached hydrogens (tertiary/aromatic N) is 5. The molecule has 0 spiro atoms. The zero-order valence-electron chi connectivity index (χ0n) is 30.1. The first-order valence-electron chi connectivity index (χ1n) is 18.5. The molecule has 4 aromatic heterocycles. The minimum Gasteiger partial charge on any atom is -0.445 e. The van der Waals surface area contributed by atoms with E-state index in [-0.39, 0.29) is 25.3 Å². The molecule has 0 unspecified atom stereocenters. The van der Waals surface area contributed by atoms with Gasteiger partial charge in [0.15, 0.2) is 0 Å². The number of aliphatic hydroxyl groups is 1. The van der Waals surface area contributed by atoms with E-state index >= 15 is 0 Å². The Balaban J connectivity index is 0.000000163. The molecule has 9 heteroatoms. The highest BCUT2D eigenvalue weighted by atomic mass is 16.6. The Morgan fingerprint density at radius 2 is 1.26 bits per heavy atom. The lowest BCUT2D eigenvalue weighted by atomic mass is 10.1. The van der Waals surface area contributed by atoms with Crippen LogP contribution < -0.4 is 5.32 Å². The lowest BCUT2D eigenvalue weighted by Crippen LogP contribution is -2.31. The summed E-state index contributed by atoms with van der Waals surface area (Å²) in [6.45, 7) is 4.01. The van der Waals surface area contributed by atoms with Crippen LogP contribution in [0.4, 0.5) is 4.79 Å². The van der Waals surface area contributed by atoms with Gasteiger partial charge in [0.2, 0.25) is 0 Å². The maximum Gasteiger partial charge on any atom is 0.410 e. The number of hydrogen-bond donors (Lipinski definition) is 2. The van der Waals surface area contributed by atoms with E-state index in [0.29, 0.717) is 12.6 Å². The van der Waals surface area contributed by atoms with Gasteiger partial charge in [0.1, 0.15) is 17.9 Å². The van der Waals surface area contributed by atoms with Crippen LogP contribution in [0.3, 0.4) is 0 Å². The van der Waals surface area contributed by atoms with Crippen molar-refractivity contribution in [2.45, 2.75) is 51.3 Å². The van der Waals surface area contributed by atoms with Gasteiger partial charge in [0, 0.05) is 25.5 Å². The van der Waals surface area contributed by atoms with Crippen LogP contribution in [0.1, 0.15) is 61.6 Å². The molecule has 9 nitrogen and oxygen atoms in total.